The van der Waals surface area contributed by atoms with Gasteiger partial charge in [0.25, 0.3) is 0 Å². The second kappa shape index (κ2) is 22.1. The van der Waals surface area contributed by atoms with Crippen molar-refractivity contribution < 1.29 is 38.9 Å². The molecule has 0 heterocycles. The molecule has 0 aliphatic carbocycles. The first-order valence-electron chi connectivity index (χ1n) is 13.3. The van der Waals surface area contributed by atoms with Crippen LogP contribution in [-0.4, -0.2) is 47.3 Å². The number of unbranched alkanes of at least 4 members (excludes halogenated alkanes) is 10. The lowest BCUT2D eigenvalue weighted by Crippen LogP contribution is -2.15. The largest absolute Gasteiger partial charge is 0.481 e. The molecule has 37 heavy (non-hydrogen) atoms. The minimum atomic E-state index is -1.27. The van der Waals surface area contributed by atoms with Crippen LogP contribution in [0.1, 0.15) is 118 Å². The minimum Gasteiger partial charge on any atom is -0.481 e. The van der Waals surface area contributed by atoms with E-state index in [2.05, 4.69) is 20.4 Å². The van der Waals surface area contributed by atoms with Gasteiger partial charge in [0.15, 0.2) is 0 Å². The van der Waals surface area contributed by atoms with E-state index in [9.17, 15) is 19.2 Å². The summed E-state index contributed by atoms with van der Waals surface area (Å²) in [5, 5.41) is 16.1. The molecule has 2 N–H and O–H groups in total. The maximum Gasteiger partial charge on any atom is 0.339 e. The SMILES string of the molecule is C=C(CC(=O)O)C(=O)O.CCCCCCCCOC(=O)c1ccccc1C(=O)OCCCCCCCC. The number of hydrogen-bond donors (Lipinski definition) is 2. The van der Waals surface area contributed by atoms with Crippen LogP contribution in [0.4, 0.5) is 0 Å². The summed E-state index contributed by atoms with van der Waals surface area (Å²) in [5.41, 5.74) is 0.283. The van der Waals surface area contributed by atoms with Gasteiger partial charge in [-0.1, -0.05) is 96.8 Å². The van der Waals surface area contributed by atoms with Crippen LogP contribution >= 0.6 is 0 Å². The van der Waals surface area contributed by atoms with Crippen LogP contribution < -0.4 is 0 Å². The maximum atomic E-state index is 12.4. The van der Waals surface area contributed by atoms with Gasteiger partial charge < -0.3 is 19.7 Å². The second-order valence-corrected chi connectivity index (χ2v) is 8.83. The quantitative estimate of drug-likeness (QED) is 0.115. The van der Waals surface area contributed by atoms with E-state index in [1.807, 2.05) is 0 Å². The molecule has 0 spiro atoms. The summed E-state index contributed by atoms with van der Waals surface area (Å²) in [4.78, 5) is 44.4. The number of rotatable bonds is 19. The Bertz CT molecular complexity index is 782. The van der Waals surface area contributed by atoms with Crippen LogP contribution in [0, 0.1) is 0 Å². The normalized spacial score (nSPS) is 10.1. The summed E-state index contributed by atoms with van der Waals surface area (Å²) < 4.78 is 10.7. The van der Waals surface area contributed by atoms with Crippen LogP contribution in [0.2, 0.25) is 0 Å². The Morgan fingerprint density at radius 1 is 0.676 bits per heavy atom. The molecule has 0 atom stereocenters. The zero-order chi connectivity index (χ0) is 27.9. The van der Waals surface area contributed by atoms with Gasteiger partial charge in [-0.15, -0.1) is 0 Å². The second-order valence-electron chi connectivity index (χ2n) is 8.83. The van der Waals surface area contributed by atoms with Crippen molar-refractivity contribution in [3.8, 4) is 0 Å². The van der Waals surface area contributed by atoms with Gasteiger partial charge in [0.05, 0.1) is 30.8 Å². The smallest absolute Gasteiger partial charge is 0.339 e. The molecule has 0 unspecified atom stereocenters. The fraction of sp³-hybridized carbons (Fsp3) is 0.586. The van der Waals surface area contributed by atoms with Gasteiger partial charge in [0.2, 0.25) is 0 Å². The van der Waals surface area contributed by atoms with Crippen molar-refractivity contribution in [1.82, 2.24) is 0 Å². The number of esters is 2. The first-order valence-corrected chi connectivity index (χ1v) is 13.3. The standard InChI is InChI=1S/C24H38O4.C5H6O4/c1-3-5-7-9-11-15-19-27-23(25)21-17-13-14-18-22(21)24(26)28-20-16-12-10-8-6-4-2;1-3(5(8)9)2-4(6)7/h13-14,17-18H,3-12,15-16,19-20H2,1-2H3;1-2H2,(H,6,7)(H,8,9). The Morgan fingerprint density at radius 2 is 1.05 bits per heavy atom. The molecular formula is C29H44O8. The molecule has 1 rings (SSSR count). The Labute approximate surface area is 221 Å². The Morgan fingerprint density at radius 3 is 1.38 bits per heavy atom. The highest BCUT2D eigenvalue weighted by Gasteiger charge is 2.18. The molecule has 0 aliphatic heterocycles. The number of benzene rings is 1. The number of hydrogen-bond acceptors (Lipinski definition) is 6. The van der Waals surface area contributed by atoms with Crippen molar-refractivity contribution in [2.45, 2.75) is 97.3 Å². The molecular weight excluding hydrogens is 476 g/mol. The summed E-state index contributed by atoms with van der Waals surface area (Å²) in [5.74, 6) is -3.33. The molecule has 0 saturated heterocycles. The highest BCUT2D eigenvalue weighted by molar-refractivity contribution is 6.03. The van der Waals surface area contributed by atoms with E-state index in [-0.39, 0.29) is 5.57 Å². The number of carbonyl (C=O) groups is 4. The van der Waals surface area contributed by atoms with E-state index in [4.69, 9.17) is 19.7 Å². The maximum absolute atomic E-state index is 12.4. The van der Waals surface area contributed by atoms with Gasteiger partial charge in [-0.2, -0.15) is 0 Å². The summed E-state index contributed by atoms with van der Waals surface area (Å²) in [6.07, 6.45) is 13.1. The summed E-state index contributed by atoms with van der Waals surface area (Å²) in [6.45, 7) is 8.19. The summed E-state index contributed by atoms with van der Waals surface area (Å²) in [7, 11) is 0. The van der Waals surface area contributed by atoms with Gasteiger partial charge in [-0.25, -0.2) is 14.4 Å². The molecule has 0 aromatic heterocycles. The molecule has 0 amide bonds. The number of aliphatic carboxylic acids is 2. The van der Waals surface area contributed by atoms with Crippen LogP contribution in [0.25, 0.3) is 0 Å². The third-order valence-electron chi connectivity index (χ3n) is 5.50. The average molecular weight is 521 g/mol. The van der Waals surface area contributed by atoms with Gasteiger partial charge in [0, 0.05) is 5.57 Å². The van der Waals surface area contributed by atoms with Crippen molar-refractivity contribution in [2.24, 2.45) is 0 Å². The molecule has 0 radical (unpaired) electrons. The minimum absolute atomic E-state index is 0.293. The van der Waals surface area contributed by atoms with E-state index < -0.39 is 30.3 Å². The molecule has 8 nitrogen and oxygen atoms in total. The highest BCUT2D eigenvalue weighted by Crippen LogP contribution is 2.14. The lowest BCUT2D eigenvalue weighted by atomic mass is 10.1. The van der Waals surface area contributed by atoms with Crippen molar-refractivity contribution >= 4 is 23.9 Å². The molecule has 0 saturated carbocycles. The van der Waals surface area contributed by atoms with E-state index in [1.54, 1.807) is 24.3 Å². The lowest BCUT2D eigenvalue weighted by molar-refractivity contribution is -0.139. The highest BCUT2D eigenvalue weighted by atomic mass is 16.5. The molecule has 1 aromatic rings. The monoisotopic (exact) mass is 520 g/mol. The fourth-order valence-corrected chi connectivity index (χ4v) is 3.35. The van der Waals surface area contributed by atoms with Crippen molar-refractivity contribution in [1.29, 1.82) is 0 Å². The molecule has 8 heteroatoms. The van der Waals surface area contributed by atoms with Crippen LogP contribution in [0.15, 0.2) is 36.4 Å². The van der Waals surface area contributed by atoms with E-state index >= 15 is 0 Å². The van der Waals surface area contributed by atoms with E-state index in [1.165, 1.54) is 51.4 Å². The zero-order valence-corrected chi connectivity index (χ0v) is 22.5. The first kappa shape index (κ1) is 33.8. The van der Waals surface area contributed by atoms with Crippen molar-refractivity contribution in [3.63, 3.8) is 0 Å². The van der Waals surface area contributed by atoms with Crippen molar-refractivity contribution in [2.75, 3.05) is 13.2 Å². The zero-order valence-electron chi connectivity index (χ0n) is 22.5. The predicted molar refractivity (Wildman–Crippen MR) is 143 cm³/mol. The third-order valence-corrected chi connectivity index (χ3v) is 5.50. The van der Waals surface area contributed by atoms with Gasteiger partial charge in [0.1, 0.15) is 0 Å². The average Bonchev–Trinajstić information content (AvgIpc) is 2.87. The Kier molecular flexibility index (Phi) is 20.2. The van der Waals surface area contributed by atoms with Crippen molar-refractivity contribution in [3.05, 3.63) is 47.5 Å². The summed E-state index contributed by atoms with van der Waals surface area (Å²) in [6, 6.07) is 6.74. The van der Waals surface area contributed by atoms with Gasteiger partial charge >= 0.3 is 23.9 Å². The fourth-order valence-electron chi connectivity index (χ4n) is 3.35. The molecule has 1 aromatic carbocycles. The Balaban J connectivity index is 0.00000122. The number of ether oxygens (including phenoxy) is 2. The number of carboxylic acid groups (broad SMARTS) is 2. The van der Waals surface area contributed by atoms with Crippen LogP contribution in [-0.2, 0) is 19.1 Å². The van der Waals surface area contributed by atoms with Crippen LogP contribution in [0.3, 0.4) is 0 Å². The lowest BCUT2D eigenvalue weighted by Gasteiger charge is -2.10. The number of carboxylic acids is 2. The van der Waals surface area contributed by atoms with E-state index in [0.717, 1.165) is 25.7 Å². The molecule has 0 bridgehead atoms. The number of carbonyl (C=O) groups excluding carboxylic acids is 2. The third kappa shape index (κ3) is 17.8. The van der Waals surface area contributed by atoms with Crippen LogP contribution in [0.5, 0.6) is 0 Å². The van der Waals surface area contributed by atoms with Gasteiger partial charge in [-0.05, 0) is 25.0 Å². The molecule has 208 valence electrons. The first-order chi connectivity index (χ1) is 17.7. The topological polar surface area (TPSA) is 127 Å². The predicted octanol–water partition coefficient (Wildman–Crippen LogP) is 6.82. The Hall–Kier alpha value is -3.16. The van der Waals surface area contributed by atoms with E-state index in [0.29, 0.717) is 24.3 Å². The molecule has 0 aliphatic rings. The van der Waals surface area contributed by atoms with Gasteiger partial charge in [-0.3, -0.25) is 4.79 Å². The summed E-state index contributed by atoms with van der Waals surface area (Å²) >= 11 is 0. The molecule has 0 fully saturated rings.